The number of nitrogens with one attached hydrogen (secondary N) is 1. The Hall–Kier alpha value is -1.59. The number of nitrogens with zero attached hydrogens (tertiary/aromatic N) is 1. The van der Waals surface area contributed by atoms with Crippen molar-refractivity contribution in [1.82, 2.24) is 10.2 Å². The van der Waals surface area contributed by atoms with Gasteiger partial charge in [0.25, 0.3) is 0 Å². The first-order chi connectivity index (χ1) is 8.22. The number of carbonyl (C=O) groups excluding carboxylic acids is 2. The van der Waals surface area contributed by atoms with E-state index in [1.807, 2.05) is 6.92 Å². The van der Waals surface area contributed by atoms with Crippen molar-refractivity contribution in [3.63, 3.8) is 0 Å². The fourth-order valence-corrected chi connectivity index (χ4v) is 1.84. The number of aliphatic carboxylic acids is 1. The molecule has 1 aliphatic heterocycles. The van der Waals surface area contributed by atoms with Crippen LogP contribution in [0, 0.1) is 11.3 Å². The van der Waals surface area contributed by atoms with Crippen molar-refractivity contribution < 1.29 is 19.5 Å². The van der Waals surface area contributed by atoms with Crippen LogP contribution in [0.25, 0.3) is 0 Å². The Labute approximate surface area is 106 Å². The summed E-state index contributed by atoms with van der Waals surface area (Å²) >= 11 is 0. The Morgan fingerprint density at radius 1 is 1.39 bits per heavy atom. The molecule has 3 amide bonds. The summed E-state index contributed by atoms with van der Waals surface area (Å²) in [4.78, 5) is 35.7. The topological polar surface area (TPSA) is 86.7 Å². The number of carboxylic acid groups (broad SMARTS) is 1. The number of rotatable bonds is 3. The normalized spacial score (nSPS) is 19.7. The van der Waals surface area contributed by atoms with E-state index in [4.69, 9.17) is 5.11 Å². The maximum Gasteiger partial charge on any atom is 0.324 e. The number of likely N-dealkylation sites (tertiary alicyclic amines) is 1. The fraction of sp³-hybridized carbons (Fsp3) is 0.750. The van der Waals surface area contributed by atoms with Crippen molar-refractivity contribution in [2.45, 2.75) is 33.6 Å². The van der Waals surface area contributed by atoms with Gasteiger partial charge in [-0.15, -0.1) is 0 Å². The Bertz CT molecular complexity index is 365. The molecule has 0 spiro atoms. The summed E-state index contributed by atoms with van der Waals surface area (Å²) < 4.78 is 0. The average Bonchev–Trinajstić information content (AvgIpc) is 2.63. The lowest BCUT2D eigenvalue weighted by Gasteiger charge is -2.20. The van der Waals surface area contributed by atoms with Gasteiger partial charge >= 0.3 is 12.0 Å². The molecule has 0 saturated carbocycles. The van der Waals surface area contributed by atoms with E-state index in [2.05, 4.69) is 5.32 Å². The molecule has 2 N–H and O–H groups in total. The molecule has 0 aromatic heterocycles. The van der Waals surface area contributed by atoms with Crippen LogP contribution in [0.15, 0.2) is 0 Å². The van der Waals surface area contributed by atoms with E-state index < -0.39 is 23.3 Å². The molecule has 1 saturated heterocycles. The Morgan fingerprint density at radius 3 is 2.44 bits per heavy atom. The summed E-state index contributed by atoms with van der Waals surface area (Å²) in [7, 11) is 0. The number of hydrogen-bond donors (Lipinski definition) is 2. The highest BCUT2D eigenvalue weighted by molar-refractivity contribution is 5.96. The molecule has 1 aliphatic rings. The molecule has 6 heteroatoms. The van der Waals surface area contributed by atoms with Gasteiger partial charge in [-0.1, -0.05) is 6.92 Å². The monoisotopic (exact) mass is 256 g/mol. The standard InChI is InChI=1S/C12H20N2O4/c1-8-4-5-14(7-8)11(18)13-9(15)6-12(2,3)10(16)17/h8H,4-7H2,1-3H3,(H,16,17)(H,13,15,18). The first kappa shape index (κ1) is 14.5. The second-order valence-electron chi connectivity index (χ2n) is 5.56. The molecule has 6 nitrogen and oxygen atoms in total. The molecule has 0 aromatic rings. The Balaban J connectivity index is 2.45. The molecule has 0 radical (unpaired) electrons. The van der Waals surface area contributed by atoms with E-state index in [1.54, 1.807) is 4.90 Å². The summed E-state index contributed by atoms with van der Waals surface area (Å²) in [5.41, 5.74) is -1.16. The zero-order valence-corrected chi connectivity index (χ0v) is 11.0. The smallest absolute Gasteiger partial charge is 0.324 e. The van der Waals surface area contributed by atoms with Crippen LogP contribution in [0.4, 0.5) is 4.79 Å². The quantitative estimate of drug-likeness (QED) is 0.790. The minimum Gasteiger partial charge on any atom is -0.481 e. The predicted molar refractivity (Wildman–Crippen MR) is 64.9 cm³/mol. The van der Waals surface area contributed by atoms with Gasteiger partial charge in [-0.05, 0) is 26.2 Å². The number of urea groups is 1. The predicted octanol–water partition coefficient (Wildman–Crippen LogP) is 1.07. The average molecular weight is 256 g/mol. The van der Waals surface area contributed by atoms with E-state index in [0.717, 1.165) is 6.42 Å². The van der Waals surface area contributed by atoms with Gasteiger partial charge in [0.05, 0.1) is 5.41 Å². The molecule has 1 heterocycles. The molecule has 0 bridgehead atoms. The lowest BCUT2D eigenvalue weighted by molar-refractivity contribution is -0.149. The molecular formula is C12H20N2O4. The zero-order chi connectivity index (χ0) is 13.9. The first-order valence-corrected chi connectivity index (χ1v) is 6.04. The van der Waals surface area contributed by atoms with Gasteiger partial charge in [-0.3, -0.25) is 14.9 Å². The molecule has 0 aromatic carbocycles. The molecule has 1 unspecified atom stereocenters. The third-order valence-electron chi connectivity index (χ3n) is 3.14. The van der Waals surface area contributed by atoms with Gasteiger partial charge in [0.1, 0.15) is 0 Å². The SMILES string of the molecule is CC1CCN(C(=O)NC(=O)CC(C)(C)C(=O)O)C1. The lowest BCUT2D eigenvalue weighted by Crippen LogP contribution is -2.43. The van der Waals surface area contributed by atoms with Crippen molar-refractivity contribution >= 4 is 17.9 Å². The van der Waals surface area contributed by atoms with Gasteiger partial charge in [-0.25, -0.2) is 4.79 Å². The van der Waals surface area contributed by atoms with E-state index in [9.17, 15) is 14.4 Å². The molecular weight excluding hydrogens is 236 g/mol. The summed E-state index contributed by atoms with van der Waals surface area (Å²) in [6.45, 7) is 6.24. The Kier molecular flexibility index (Phi) is 4.32. The van der Waals surface area contributed by atoms with Crippen molar-refractivity contribution in [2.24, 2.45) is 11.3 Å². The van der Waals surface area contributed by atoms with Crippen LogP contribution in [0.3, 0.4) is 0 Å². The number of hydrogen-bond acceptors (Lipinski definition) is 3. The summed E-state index contributed by atoms with van der Waals surface area (Å²) in [6, 6.07) is -0.425. The molecule has 1 fully saturated rings. The van der Waals surface area contributed by atoms with Crippen LogP contribution in [0.5, 0.6) is 0 Å². The van der Waals surface area contributed by atoms with Gasteiger partial charge in [0, 0.05) is 19.5 Å². The number of carbonyl (C=O) groups is 3. The largest absolute Gasteiger partial charge is 0.481 e. The highest BCUT2D eigenvalue weighted by Gasteiger charge is 2.32. The zero-order valence-electron chi connectivity index (χ0n) is 11.0. The van der Waals surface area contributed by atoms with E-state index in [-0.39, 0.29) is 6.42 Å². The van der Waals surface area contributed by atoms with E-state index in [1.165, 1.54) is 13.8 Å². The third-order valence-corrected chi connectivity index (χ3v) is 3.14. The van der Waals surface area contributed by atoms with Gasteiger partial charge in [0.2, 0.25) is 5.91 Å². The third kappa shape index (κ3) is 3.72. The van der Waals surface area contributed by atoms with Crippen LogP contribution in [-0.4, -0.2) is 41.0 Å². The van der Waals surface area contributed by atoms with Gasteiger partial charge < -0.3 is 10.0 Å². The summed E-state index contributed by atoms with van der Waals surface area (Å²) in [5.74, 6) is -1.16. The maximum atomic E-state index is 11.7. The molecule has 1 atom stereocenters. The van der Waals surface area contributed by atoms with Crippen LogP contribution in [0.1, 0.15) is 33.6 Å². The highest BCUT2D eigenvalue weighted by atomic mass is 16.4. The van der Waals surface area contributed by atoms with Crippen LogP contribution >= 0.6 is 0 Å². The number of imide groups is 1. The van der Waals surface area contributed by atoms with Gasteiger partial charge in [0.15, 0.2) is 0 Å². The Morgan fingerprint density at radius 2 is 2.00 bits per heavy atom. The first-order valence-electron chi connectivity index (χ1n) is 6.04. The van der Waals surface area contributed by atoms with Crippen LogP contribution in [-0.2, 0) is 9.59 Å². The summed E-state index contributed by atoms with van der Waals surface area (Å²) in [6.07, 6.45) is 0.722. The van der Waals surface area contributed by atoms with E-state index >= 15 is 0 Å². The molecule has 1 rings (SSSR count). The highest BCUT2D eigenvalue weighted by Crippen LogP contribution is 2.20. The van der Waals surface area contributed by atoms with Crippen molar-refractivity contribution in [3.05, 3.63) is 0 Å². The molecule has 102 valence electrons. The van der Waals surface area contributed by atoms with Crippen molar-refractivity contribution in [1.29, 1.82) is 0 Å². The van der Waals surface area contributed by atoms with Crippen molar-refractivity contribution in [3.8, 4) is 0 Å². The maximum absolute atomic E-state index is 11.7. The fourth-order valence-electron chi connectivity index (χ4n) is 1.84. The lowest BCUT2D eigenvalue weighted by atomic mass is 9.89. The second kappa shape index (κ2) is 5.37. The van der Waals surface area contributed by atoms with Crippen molar-refractivity contribution in [2.75, 3.05) is 13.1 Å². The number of carboxylic acids is 1. The molecule has 18 heavy (non-hydrogen) atoms. The van der Waals surface area contributed by atoms with E-state index in [0.29, 0.717) is 19.0 Å². The molecule has 0 aliphatic carbocycles. The number of amides is 3. The van der Waals surface area contributed by atoms with Gasteiger partial charge in [-0.2, -0.15) is 0 Å². The minimum atomic E-state index is -1.16. The second-order valence-corrected chi connectivity index (χ2v) is 5.56. The minimum absolute atomic E-state index is 0.211. The van der Waals surface area contributed by atoms with Crippen LogP contribution < -0.4 is 5.32 Å². The van der Waals surface area contributed by atoms with Crippen LogP contribution in [0.2, 0.25) is 0 Å². The summed E-state index contributed by atoms with van der Waals surface area (Å²) in [5, 5.41) is 11.1.